The van der Waals surface area contributed by atoms with Crippen molar-refractivity contribution >= 4 is 28.9 Å². The molecule has 3 rings (SSSR count). The second kappa shape index (κ2) is 10.3. The number of benzene rings is 3. The van der Waals surface area contributed by atoms with Gasteiger partial charge in [0, 0.05) is 35.7 Å². The molecule has 5 nitrogen and oxygen atoms in total. The third kappa shape index (κ3) is 5.06. The van der Waals surface area contributed by atoms with Crippen molar-refractivity contribution in [1.82, 2.24) is 0 Å². The Kier molecular flexibility index (Phi) is 7.22. The molecule has 2 amide bonds. The van der Waals surface area contributed by atoms with E-state index in [9.17, 15) is 9.59 Å². The van der Waals surface area contributed by atoms with Gasteiger partial charge in [0.15, 0.2) is 0 Å². The summed E-state index contributed by atoms with van der Waals surface area (Å²) in [5.41, 5.74) is 3.05. The smallest absolute Gasteiger partial charge is 0.258 e. The minimum Gasteiger partial charge on any atom is -0.376 e. The number of para-hydroxylation sites is 2. The number of carbonyl (C=O) groups excluding carboxylic acids is 2. The van der Waals surface area contributed by atoms with Gasteiger partial charge in [-0.15, -0.1) is 0 Å². The molecule has 0 spiro atoms. The van der Waals surface area contributed by atoms with Crippen LogP contribution in [0.1, 0.15) is 24.2 Å². The average molecular weight is 402 g/mol. The standard InChI is InChI=1S/C25H27N3O2/c1-3-27(22-14-7-5-8-15-22)24(29)19-26-21-13-11-12-20(18-21)25(30)28(4-2)23-16-9-6-10-17-23/h5-18,26H,3-4,19H2,1-2H3. The van der Waals surface area contributed by atoms with E-state index in [0.29, 0.717) is 18.7 Å². The summed E-state index contributed by atoms with van der Waals surface area (Å²) in [5, 5.41) is 3.16. The molecule has 30 heavy (non-hydrogen) atoms. The number of amides is 2. The van der Waals surface area contributed by atoms with Crippen LogP contribution in [0.4, 0.5) is 17.1 Å². The largest absolute Gasteiger partial charge is 0.376 e. The van der Waals surface area contributed by atoms with Crippen LogP contribution in [0, 0.1) is 0 Å². The highest BCUT2D eigenvalue weighted by atomic mass is 16.2. The van der Waals surface area contributed by atoms with Crippen molar-refractivity contribution in [2.45, 2.75) is 13.8 Å². The third-order valence-corrected chi connectivity index (χ3v) is 4.87. The van der Waals surface area contributed by atoms with E-state index in [0.717, 1.165) is 17.1 Å². The topological polar surface area (TPSA) is 52.7 Å². The Morgan fingerprint density at radius 2 is 1.30 bits per heavy atom. The first-order valence-electron chi connectivity index (χ1n) is 10.2. The molecule has 0 aliphatic rings. The van der Waals surface area contributed by atoms with Crippen LogP contribution in [-0.4, -0.2) is 31.4 Å². The van der Waals surface area contributed by atoms with Crippen molar-refractivity contribution in [2.75, 3.05) is 34.8 Å². The van der Waals surface area contributed by atoms with Crippen molar-refractivity contribution in [1.29, 1.82) is 0 Å². The molecule has 0 atom stereocenters. The molecule has 0 unspecified atom stereocenters. The fourth-order valence-electron chi connectivity index (χ4n) is 3.35. The predicted octanol–water partition coefficient (Wildman–Crippen LogP) is 4.82. The van der Waals surface area contributed by atoms with E-state index in [2.05, 4.69) is 5.32 Å². The number of carbonyl (C=O) groups is 2. The second-order valence-corrected chi connectivity index (χ2v) is 6.79. The van der Waals surface area contributed by atoms with Gasteiger partial charge in [-0.1, -0.05) is 42.5 Å². The van der Waals surface area contributed by atoms with Crippen molar-refractivity contribution < 1.29 is 9.59 Å². The highest BCUT2D eigenvalue weighted by molar-refractivity contribution is 6.06. The molecule has 0 aliphatic heterocycles. The van der Waals surface area contributed by atoms with Crippen LogP contribution in [0.5, 0.6) is 0 Å². The average Bonchev–Trinajstić information content (AvgIpc) is 2.80. The van der Waals surface area contributed by atoms with Crippen LogP contribution in [-0.2, 0) is 4.79 Å². The first-order valence-corrected chi connectivity index (χ1v) is 10.2. The minimum absolute atomic E-state index is 0.0279. The Morgan fingerprint density at radius 3 is 1.87 bits per heavy atom. The van der Waals surface area contributed by atoms with Crippen LogP contribution in [0.3, 0.4) is 0 Å². The molecule has 0 saturated heterocycles. The first kappa shape index (κ1) is 21.1. The summed E-state index contributed by atoms with van der Waals surface area (Å²) in [6.45, 7) is 5.21. The predicted molar refractivity (Wildman–Crippen MR) is 123 cm³/mol. The lowest BCUT2D eigenvalue weighted by atomic mass is 10.1. The summed E-state index contributed by atoms with van der Waals surface area (Å²) in [6, 6.07) is 26.5. The van der Waals surface area contributed by atoms with Gasteiger partial charge in [-0.05, 0) is 56.3 Å². The maximum atomic E-state index is 13.0. The first-order chi connectivity index (χ1) is 14.6. The van der Waals surface area contributed by atoms with Gasteiger partial charge >= 0.3 is 0 Å². The van der Waals surface area contributed by atoms with Gasteiger partial charge in [0.2, 0.25) is 5.91 Å². The molecule has 3 aromatic rings. The lowest BCUT2D eigenvalue weighted by Gasteiger charge is -2.22. The second-order valence-electron chi connectivity index (χ2n) is 6.79. The molecule has 0 fully saturated rings. The number of rotatable bonds is 8. The van der Waals surface area contributed by atoms with Gasteiger partial charge in [0.25, 0.3) is 5.91 Å². The SMILES string of the molecule is CCN(C(=O)CNc1cccc(C(=O)N(CC)c2ccccc2)c1)c1ccccc1. The molecule has 5 heteroatoms. The Balaban J connectivity index is 1.69. The van der Waals surface area contributed by atoms with Gasteiger partial charge in [-0.25, -0.2) is 0 Å². The van der Waals surface area contributed by atoms with Crippen molar-refractivity contribution in [3.05, 3.63) is 90.5 Å². The zero-order valence-corrected chi connectivity index (χ0v) is 17.4. The summed E-state index contributed by atoms with van der Waals surface area (Å²) >= 11 is 0. The normalized spacial score (nSPS) is 10.3. The van der Waals surface area contributed by atoms with E-state index < -0.39 is 0 Å². The molecule has 0 radical (unpaired) electrons. The zero-order chi connectivity index (χ0) is 21.3. The molecule has 1 N–H and O–H groups in total. The molecule has 3 aromatic carbocycles. The zero-order valence-electron chi connectivity index (χ0n) is 17.4. The summed E-state index contributed by atoms with van der Waals surface area (Å²) in [6.07, 6.45) is 0. The summed E-state index contributed by atoms with van der Waals surface area (Å²) < 4.78 is 0. The monoisotopic (exact) mass is 401 g/mol. The van der Waals surface area contributed by atoms with Crippen LogP contribution >= 0.6 is 0 Å². The highest BCUT2D eigenvalue weighted by Gasteiger charge is 2.17. The maximum absolute atomic E-state index is 13.0. The molecular formula is C25H27N3O2. The fraction of sp³-hybridized carbons (Fsp3) is 0.200. The quantitative estimate of drug-likeness (QED) is 0.589. The molecule has 0 aromatic heterocycles. The van der Waals surface area contributed by atoms with Gasteiger partial charge in [0.1, 0.15) is 0 Å². The number of nitrogens with zero attached hydrogens (tertiary/aromatic N) is 2. The van der Waals surface area contributed by atoms with Crippen LogP contribution in [0.25, 0.3) is 0 Å². The molecule has 0 saturated carbocycles. The van der Waals surface area contributed by atoms with Gasteiger partial charge in [0.05, 0.1) is 6.54 Å². The molecule has 0 bridgehead atoms. The van der Waals surface area contributed by atoms with E-state index >= 15 is 0 Å². The number of anilines is 3. The Labute approximate surface area is 177 Å². The lowest BCUT2D eigenvalue weighted by Crippen LogP contribution is -2.35. The number of likely N-dealkylation sites (N-methyl/N-ethyl adjacent to an activating group) is 1. The number of hydrogen-bond acceptors (Lipinski definition) is 3. The van der Waals surface area contributed by atoms with Crippen molar-refractivity contribution in [2.24, 2.45) is 0 Å². The van der Waals surface area contributed by atoms with Gasteiger partial charge in [-0.3, -0.25) is 9.59 Å². The van der Waals surface area contributed by atoms with Gasteiger partial charge in [-0.2, -0.15) is 0 Å². The Morgan fingerprint density at radius 1 is 0.733 bits per heavy atom. The molecule has 0 aliphatic carbocycles. The Bertz CT molecular complexity index is 974. The van der Waals surface area contributed by atoms with Crippen molar-refractivity contribution in [3.8, 4) is 0 Å². The Hall–Kier alpha value is -3.60. The van der Waals surface area contributed by atoms with Crippen LogP contribution < -0.4 is 15.1 Å². The molecule has 154 valence electrons. The minimum atomic E-state index is -0.0712. The lowest BCUT2D eigenvalue weighted by molar-refractivity contribution is -0.116. The van der Waals surface area contributed by atoms with Gasteiger partial charge < -0.3 is 15.1 Å². The van der Waals surface area contributed by atoms with Crippen LogP contribution in [0.2, 0.25) is 0 Å². The highest BCUT2D eigenvalue weighted by Crippen LogP contribution is 2.19. The molecule has 0 heterocycles. The van der Waals surface area contributed by atoms with E-state index in [-0.39, 0.29) is 18.4 Å². The van der Waals surface area contributed by atoms with E-state index in [1.165, 1.54) is 0 Å². The number of nitrogens with one attached hydrogen (secondary N) is 1. The number of hydrogen-bond donors (Lipinski definition) is 1. The summed E-state index contributed by atoms with van der Waals surface area (Å²) in [4.78, 5) is 29.2. The molecular weight excluding hydrogens is 374 g/mol. The van der Waals surface area contributed by atoms with E-state index in [1.807, 2.05) is 86.6 Å². The van der Waals surface area contributed by atoms with E-state index in [1.54, 1.807) is 21.9 Å². The van der Waals surface area contributed by atoms with Crippen molar-refractivity contribution in [3.63, 3.8) is 0 Å². The summed E-state index contributed by atoms with van der Waals surface area (Å²) in [7, 11) is 0. The van der Waals surface area contributed by atoms with E-state index in [4.69, 9.17) is 0 Å². The maximum Gasteiger partial charge on any atom is 0.258 e. The summed E-state index contributed by atoms with van der Waals surface area (Å²) in [5.74, 6) is -0.0990. The van der Waals surface area contributed by atoms with Crippen LogP contribution in [0.15, 0.2) is 84.9 Å². The third-order valence-electron chi connectivity index (χ3n) is 4.87. The fourth-order valence-corrected chi connectivity index (χ4v) is 3.35.